The zero-order chi connectivity index (χ0) is 35.8. The maximum atomic E-state index is 13.7. The average molecular weight is 696 g/mol. The molecule has 2 saturated heterocycles. The van der Waals surface area contributed by atoms with E-state index in [4.69, 9.17) is 9.47 Å². The first-order chi connectivity index (χ1) is 24.0. The van der Waals surface area contributed by atoms with Gasteiger partial charge in [0.05, 0.1) is 11.8 Å². The second-order valence-electron chi connectivity index (χ2n) is 13.0. The van der Waals surface area contributed by atoms with Gasteiger partial charge in [-0.25, -0.2) is 9.48 Å². The molecule has 1 aliphatic carbocycles. The van der Waals surface area contributed by atoms with Crippen LogP contribution in [-0.4, -0.2) is 129 Å². The van der Waals surface area contributed by atoms with Crippen LogP contribution in [0.15, 0.2) is 36.4 Å². The lowest BCUT2D eigenvalue weighted by atomic mass is 9.93. The molecule has 1 aromatic heterocycles. The number of aromatic nitrogens is 2. The second-order valence-corrected chi connectivity index (χ2v) is 13.0. The number of para-hydroxylation sites is 1. The van der Waals surface area contributed by atoms with Crippen molar-refractivity contribution in [2.45, 2.75) is 83.0 Å². The Morgan fingerprint density at radius 2 is 1.64 bits per heavy atom. The lowest BCUT2D eigenvalue weighted by Crippen LogP contribution is -2.55. The minimum atomic E-state index is -1.13. The number of amides is 5. The first kappa shape index (κ1) is 36.1. The molecule has 2 aliphatic heterocycles. The third-order valence-corrected chi connectivity index (χ3v) is 9.05. The molecule has 16 nitrogen and oxygen atoms in total. The van der Waals surface area contributed by atoms with Crippen LogP contribution in [0.4, 0.5) is 4.79 Å². The van der Waals surface area contributed by atoms with E-state index in [0.717, 1.165) is 19.3 Å². The third-order valence-electron chi connectivity index (χ3n) is 9.05. The summed E-state index contributed by atoms with van der Waals surface area (Å²) >= 11 is 0. The summed E-state index contributed by atoms with van der Waals surface area (Å²) in [5.74, 6) is -2.14. The highest BCUT2D eigenvalue weighted by atomic mass is 16.5. The van der Waals surface area contributed by atoms with Crippen LogP contribution in [0.3, 0.4) is 0 Å². The lowest BCUT2D eigenvalue weighted by molar-refractivity contribution is -0.147. The van der Waals surface area contributed by atoms with Crippen LogP contribution in [0.1, 0.15) is 69.3 Å². The van der Waals surface area contributed by atoms with E-state index in [-0.39, 0.29) is 74.6 Å². The summed E-state index contributed by atoms with van der Waals surface area (Å²) < 4.78 is 12.5. The van der Waals surface area contributed by atoms with Crippen LogP contribution in [-0.2, 0) is 23.9 Å². The van der Waals surface area contributed by atoms with Gasteiger partial charge in [0.15, 0.2) is 12.3 Å². The average Bonchev–Trinajstić information content (AvgIpc) is 3.75. The zero-order valence-electron chi connectivity index (χ0n) is 28.4. The van der Waals surface area contributed by atoms with Crippen LogP contribution in [0.2, 0.25) is 0 Å². The zero-order valence-corrected chi connectivity index (χ0v) is 28.4. The van der Waals surface area contributed by atoms with Gasteiger partial charge < -0.3 is 39.9 Å². The topological polar surface area (TPSA) is 193 Å². The van der Waals surface area contributed by atoms with Crippen molar-refractivity contribution in [1.29, 1.82) is 0 Å². The highest BCUT2D eigenvalue weighted by Gasteiger charge is 2.36. The van der Waals surface area contributed by atoms with Gasteiger partial charge in [0.25, 0.3) is 11.8 Å². The molecule has 0 radical (unpaired) electrons. The second kappa shape index (κ2) is 16.5. The molecule has 3 fully saturated rings. The van der Waals surface area contributed by atoms with Gasteiger partial charge in [-0.05, 0) is 64.5 Å². The van der Waals surface area contributed by atoms with E-state index in [1.807, 2.05) is 6.07 Å². The Balaban J connectivity index is 1.30. The number of ether oxygens (including phenoxy) is 2. The van der Waals surface area contributed by atoms with Crippen molar-refractivity contribution in [3.63, 3.8) is 0 Å². The van der Waals surface area contributed by atoms with Crippen molar-refractivity contribution < 1.29 is 43.3 Å². The number of carbonyl (C=O) groups excluding carboxylic acids is 5. The number of nitrogens with zero attached hydrogens (tertiary/aromatic N) is 5. The first-order valence-corrected chi connectivity index (χ1v) is 17.1. The molecule has 2 aromatic rings. The molecule has 270 valence electrons. The van der Waals surface area contributed by atoms with E-state index < -0.39 is 42.6 Å². The van der Waals surface area contributed by atoms with Crippen LogP contribution in [0, 0.1) is 0 Å². The molecule has 5 rings (SSSR count). The van der Waals surface area contributed by atoms with E-state index >= 15 is 0 Å². The van der Waals surface area contributed by atoms with Crippen molar-refractivity contribution >= 4 is 35.7 Å². The Hall–Kier alpha value is -5.15. The molecule has 3 aliphatic rings. The molecule has 3 N–H and O–H groups in total. The third kappa shape index (κ3) is 9.09. The maximum Gasteiger partial charge on any atom is 0.407 e. The van der Waals surface area contributed by atoms with Crippen LogP contribution < -0.4 is 15.4 Å². The highest BCUT2D eigenvalue weighted by molar-refractivity contribution is 5.96. The summed E-state index contributed by atoms with van der Waals surface area (Å²) in [6.07, 6.45) is 2.59. The largest absolute Gasteiger partial charge is 0.467 e. The molecule has 5 amide bonds. The Bertz CT molecular complexity index is 1550. The molecule has 2 atom stereocenters. The molecular weight excluding hydrogens is 650 g/mol. The number of likely N-dealkylation sites (tertiary alicyclic amines) is 1. The Morgan fingerprint density at radius 3 is 2.28 bits per heavy atom. The molecule has 16 heteroatoms. The maximum absolute atomic E-state index is 13.7. The summed E-state index contributed by atoms with van der Waals surface area (Å²) in [5.41, 5.74) is 0.446. The highest BCUT2D eigenvalue weighted by Crippen LogP contribution is 2.24. The van der Waals surface area contributed by atoms with Gasteiger partial charge in [-0.1, -0.05) is 18.2 Å². The number of piperazine rings is 1. The normalized spacial score (nSPS) is 18.3. The number of rotatable bonds is 13. The fourth-order valence-corrected chi connectivity index (χ4v) is 6.15. The molecule has 0 spiro atoms. The van der Waals surface area contributed by atoms with E-state index in [0.29, 0.717) is 25.1 Å². The molecule has 50 heavy (non-hydrogen) atoms. The summed E-state index contributed by atoms with van der Waals surface area (Å²) in [4.78, 5) is 81.4. The Morgan fingerprint density at radius 1 is 0.940 bits per heavy atom. The van der Waals surface area contributed by atoms with Gasteiger partial charge in [-0.3, -0.25) is 24.0 Å². The van der Waals surface area contributed by atoms with Crippen molar-refractivity contribution in [3.05, 3.63) is 42.1 Å². The number of esters is 1. The Kier molecular flexibility index (Phi) is 11.9. The fraction of sp³-hybridized carbons (Fsp3) is 0.559. The fourth-order valence-electron chi connectivity index (χ4n) is 6.15. The summed E-state index contributed by atoms with van der Waals surface area (Å²) in [6.45, 7) is 3.93. The Labute approximate surface area is 290 Å². The van der Waals surface area contributed by atoms with E-state index in [1.165, 1.54) is 25.4 Å². The first-order valence-electron chi connectivity index (χ1n) is 17.1. The summed E-state index contributed by atoms with van der Waals surface area (Å²) in [6, 6.07) is 8.67. The van der Waals surface area contributed by atoms with Gasteiger partial charge in [0.2, 0.25) is 17.7 Å². The SMILES string of the molecule is CC(C)OC(=O)CC[C@H](NC(=O)c1cc(OCC(=O)N2CCC[C@H]2C(=O)NC2CCC2)n(-c2ccccc2)n1)C(=O)N1CCN(C(=O)O)CC1. The molecule has 0 bridgehead atoms. The number of nitrogens with one attached hydrogen (secondary N) is 2. The van der Waals surface area contributed by atoms with Crippen LogP contribution in [0.25, 0.3) is 5.69 Å². The predicted molar refractivity (Wildman–Crippen MR) is 177 cm³/mol. The van der Waals surface area contributed by atoms with Crippen molar-refractivity contribution in [1.82, 2.24) is 35.1 Å². The molecule has 0 unspecified atom stereocenters. The number of carbonyl (C=O) groups is 6. The van der Waals surface area contributed by atoms with Crippen molar-refractivity contribution in [2.24, 2.45) is 0 Å². The smallest absolute Gasteiger partial charge is 0.407 e. The van der Waals surface area contributed by atoms with E-state index in [1.54, 1.807) is 38.1 Å². The molecule has 1 aromatic carbocycles. The quantitative estimate of drug-likeness (QED) is 0.259. The monoisotopic (exact) mass is 695 g/mol. The molecule has 3 heterocycles. The number of benzene rings is 1. The van der Waals surface area contributed by atoms with Gasteiger partial charge in [-0.15, -0.1) is 0 Å². The van der Waals surface area contributed by atoms with Crippen molar-refractivity contribution in [3.8, 4) is 11.6 Å². The van der Waals surface area contributed by atoms with Crippen LogP contribution >= 0.6 is 0 Å². The van der Waals surface area contributed by atoms with E-state index in [2.05, 4.69) is 15.7 Å². The number of carboxylic acid groups (broad SMARTS) is 1. The number of hydrogen-bond donors (Lipinski definition) is 3. The van der Waals surface area contributed by atoms with E-state index in [9.17, 15) is 33.9 Å². The van der Waals surface area contributed by atoms with Gasteiger partial charge in [0.1, 0.15) is 12.1 Å². The lowest BCUT2D eigenvalue weighted by Gasteiger charge is -2.35. The van der Waals surface area contributed by atoms with Crippen molar-refractivity contribution in [2.75, 3.05) is 39.3 Å². The summed E-state index contributed by atoms with van der Waals surface area (Å²) in [7, 11) is 0. The number of hydrogen-bond acceptors (Lipinski definition) is 9. The van der Waals surface area contributed by atoms with Gasteiger partial charge >= 0.3 is 12.1 Å². The minimum absolute atomic E-state index is 0.0577. The van der Waals surface area contributed by atoms with Gasteiger partial charge in [-0.2, -0.15) is 5.10 Å². The molecule has 1 saturated carbocycles. The predicted octanol–water partition coefficient (Wildman–Crippen LogP) is 1.56. The van der Waals surface area contributed by atoms with Gasteiger partial charge in [0, 0.05) is 51.3 Å². The standard InChI is InChI=1S/C34H45N7O9/c1-22(2)50-30(43)14-13-25(33(46)38-16-18-39(19-17-38)34(47)48)36-31(44)26-20-29(41(37-26)24-10-4-3-5-11-24)49-21-28(42)40-15-7-12-27(40)32(45)35-23-8-6-9-23/h3-5,10-11,20,22-23,25,27H,6-9,12-19,21H2,1-2H3,(H,35,45)(H,36,44)(H,47,48)/t25-,27-/m0/s1. The molecular formula is C34H45N7O9. The summed E-state index contributed by atoms with van der Waals surface area (Å²) in [5, 5.41) is 19.5. The minimum Gasteiger partial charge on any atom is -0.467 e. The van der Waals surface area contributed by atoms with Crippen LogP contribution in [0.5, 0.6) is 5.88 Å².